The minimum atomic E-state index is -2.36. The average Bonchev–Trinajstić information content (AvgIpc) is 4.04. The van der Waals surface area contributed by atoms with Gasteiger partial charge in [-0.15, -0.1) is 11.3 Å². The summed E-state index contributed by atoms with van der Waals surface area (Å²) in [6.07, 6.45) is 12.8. The van der Waals surface area contributed by atoms with Crippen molar-refractivity contribution in [1.29, 1.82) is 0 Å². The summed E-state index contributed by atoms with van der Waals surface area (Å²) in [6, 6.07) is 19.7. The first-order valence-electron chi connectivity index (χ1n) is 22.0. The van der Waals surface area contributed by atoms with Gasteiger partial charge in [0.2, 0.25) is 0 Å². The number of halogens is 5. The third kappa shape index (κ3) is 13.6. The molecule has 0 atom stereocenters. The zero-order valence-electron chi connectivity index (χ0n) is 37.5. The molecule has 0 radical (unpaired) electrons. The van der Waals surface area contributed by atoms with Crippen LogP contribution in [0.2, 0.25) is 23.4 Å². The minimum Gasteiger partial charge on any atom is -0.505 e. The van der Waals surface area contributed by atoms with Gasteiger partial charge < -0.3 is 20.8 Å². The van der Waals surface area contributed by atoms with Crippen molar-refractivity contribution in [2.45, 2.75) is 72.6 Å². The molecule has 8 aromatic rings. The van der Waals surface area contributed by atoms with Crippen LogP contribution in [0.15, 0.2) is 96.0 Å². The summed E-state index contributed by atoms with van der Waals surface area (Å²) in [5.74, 6) is -2.47. The van der Waals surface area contributed by atoms with Crippen LogP contribution in [-0.4, -0.2) is 61.1 Å². The number of thiazole rings is 2. The van der Waals surface area contributed by atoms with Gasteiger partial charge in [0, 0.05) is 61.2 Å². The van der Waals surface area contributed by atoms with Crippen LogP contribution in [0, 0.1) is 15.2 Å². The van der Waals surface area contributed by atoms with Crippen molar-refractivity contribution in [3.8, 4) is 22.8 Å². The Morgan fingerprint density at radius 3 is 1.62 bits per heavy atom. The van der Waals surface area contributed by atoms with Crippen molar-refractivity contribution >= 4 is 148 Å². The molecule has 0 aliphatic rings. The van der Waals surface area contributed by atoms with Crippen LogP contribution in [-0.2, 0) is 0 Å². The molecular formula is C50H49Cl2F2IN6O4S2Sn. The van der Waals surface area contributed by atoms with Crippen LogP contribution in [0.3, 0.4) is 0 Å². The predicted molar refractivity (Wildman–Crippen MR) is 287 cm³/mol. The molecule has 18 heteroatoms. The molecule has 68 heavy (non-hydrogen) atoms. The van der Waals surface area contributed by atoms with Gasteiger partial charge >= 0.3 is 132 Å². The molecule has 4 aromatic carbocycles. The molecule has 354 valence electrons. The quantitative estimate of drug-likeness (QED) is 0.0394. The Kier molecular flexibility index (Phi) is 19.7. The number of nitrogens with zero attached hydrogens (tertiary/aromatic N) is 4. The Balaban J connectivity index is 0.000000171. The number of unbranched alkanes of at least 4 members (excludes halogenated alkanes) is 3. The number of aldehydes is 2. The summed E-state index contributed by atoms with van der Waals surface area (Å²) in [5.41, 5.74) is 5.39. The second-order valence-electron chi connectivity index (χ2n) is 15.9. The Morgan fingerprint density at radius 2 is 1.13 bits per heavy atom. The van der Waals surface area contributed by atoms with Crippen molar-refractivity contribution in [3.63, 3.8) is 0 Å². The molecular weight excluding hydrogens is 1170 g/mol. The Morgan fingerprint density at radius 1 is 0.647 bits per heavy atom. The van der Waals surface area contributed by atoms with Crippen molar-refractivity contribution in [3.05, 3.63) is 131 Å². The van der Waals surface area contributed by atoms with E-state index in [1.165, 1.54) is 79.0 Å². The number of benzene rings is 4. The van der Waals surface area contributed by atoms with Gasteiger partial charge in [0.1, 0.15) is 0 Å². The van der Waals surface area contributed by atoms with E-state index in [0.717, 1.165) is 55.8 Å². The Bertz CT molecular complexity index is 3000. The number of aromatic hydroxyl groups is 2. The first-order chi connectivity index (χ1) is 32.8. The largest absolute Gasteiger partial charge is 0.505 e. The van der Waals surface area contributed by atoms with E-state index < -0.39 is 41.5 Å². The second kappa shape index (κ2) is 25.4. The molecule has 0 aliphatic heterocycles. The van der Waals surface area contributed by atoms with E-state index >= 15 is 0 Å². The number of anilines is 4. The second-order valence-corrected chi connectivity index (χ2v) is 32.8. The standard InChI is InChI=1S/C19H11ClFN3O2S.C15H9ClFIN2O.C4H2NOS.3C4H9.Sn/c20-12-6-13(21)18(26)7-16(12)23-14-3-4-22-15-5-10(1-2-11(14)15)17-9-27-19(8-25)24-17;16-10-6-11(17)15(21)7-14(10)20-12-3-4-19-13-5-8(18)1-2-9(12)13;6-3-4-5-1-2-7-4;3*1-3-4-2;/h1-9,26H,(H,22,23);1-7,21H,(H,19,20);2-3H;3*1,3-4H2,2H3;. The SMILES string of the molecule is CCC[CH2][Sn]([CH2]CCC)([CH2]CCC)[c]1csc(C=O)n1.O=Cc1nc(-c2ccc3c(Nc4cc(O)c(F)cc4Cl)ccnc3c2)cs1.Oc1cc(Nc2ccnc3cc(I)ccc23)c(Cl)cc1F. The Hall–Kier alpha value is -4.53. The molecule has 4 heterocycles. The number of fused-ring (bicyclic) bond motifs is 2. The first kappa shape index (κ1) is 52.8. The van der Waals surface area contributed by atoms with E-state index in [1.807, 2.05) is 41.8 Å². The molecule has 0 fully saturated rings. The summed E-state index contributed by atoms with van der Waals surface area (Å²) in [4.78, 5) is 39.4. The van der Waals surface area contributed by atoms with Gasteiger partial charge in [-0.25, -0.2) is 13.8 Å². The number of phenols is 2. The molecule has 0 aliphatic carbocycles. The fraction of sp³-hybridized carbons (Fsp3) is 0.240. The maximum atomic E-state index is 13.4. The zero-order chi connectivity index (χ0) is 48.8. The van der Waals surface area contributed by atoms with Gasteiger partial charge in [-0.3, -0.25) is 14.8 Å². The van der Waals surface area contributed by atoms with E-state index in [1.54, 1.807) is 35.9 Å². The molecule has 4 aromatic heterocycles. The molecule has 0 amide bonds. The van der Waals surface area contributed by atoms with Crippen molar-refractivity contribution in [2.24, 2.45) is 0 Å². The topological polar surface area (TPSA) is 150 Å². The number of hydrogen-bond acceptors (Lipinski definition) is 12. The molecule has 0 bridgehead atoms. The fourth-order valence-corrected chi connectivity index (χ4v) is 26.9. The van der Waals surface area contributed by atoms with Gasteiger partial charge in [-0.05, 0) is 71.1 Å². The van der Waals surface area contributed by atoms with Crippen molar-refractivity contribution in [2.75, 3.05) is 10.6 Å². The predicted octanol–water partition coefficient (Wildman–Crippen LogP) is 15.5. The van der Waals surface area contributed by atoms with Gasteiger partial charge in [-0.1, -0.05) is 35.3 Å². The smallest absolute Gasteiger partial charge is 0.178 e. The summed E-state index contributed by atoms with van der Waals surface area (Å²) in [6.45, 7) is 6.86. The van der Waals surface area contributed by atoms with Gasteiger partial charge in [0.25, 0.3) is 0 Å². The molecule has 8 rings (SSSR count). The van der Waals surface area contributed by atoms with Crippen LogP contribution in [0.25, 0.3) is 33.1 Å². The summed E-state index contributed by atoms with van der Waals surface area (Å²) in [7, 11) is 0. The summed E-state index contributed by atoms with van der Waals surface area (Å²) in [5, 5.41) is 32.5. The minimum absolute atomic E-state index is 0.149. The van der Waals surface area contributed by atoms with E-state index in [4.69, 9.17) is 28.2 Å². The molecule has 0 unspecified atom stereocenters. The molecule has 10 nitrogen and oxygen atoms in total. The number of rotatable bonds is 17. The van der Waals surface area contributed by atoms with Gasteiger partial charge in [0.15, 0.2) is 34.4 Å². The number of hydrogen-bond donors (Lipinski definition) is 4. The van der Waals surface area contributed by atoms with Crippen LogP contribution in [0.5, 0.6) is 11.5 Å². The molecule has 0 saturated carbocycles. The number of carbonyl (C=O) groups excluding carboxylic acids is 2. The monoisotopic (exact) mass is 1220 g/mol. The normalized spacial score (nSPS) is 11.1. The molecule has 4 N–H and O–H groups in total. The summed E-state index contributed by atoms with van der Waals surface area (Å²) < 4.78 is 33.4. The van der Waals surface area contributed by atoms with Crippen LogP contribution >= 0.6 is 68.5 Å². The maximum absolute atomic E-state index is 13.4. The summed E-state index contributed by atoms with van der Waals surface area (Å²) >= 11 is 14.7. The van der Waals surface area contributed by atoms with E-state index in [9.17, 15) is 28.6 Å². The number of carbonyl (C=O) groups is 2. The van der Waals surface area contributed by atoms with Crippen LogP contribution in [0.1, 0.15) is 78.9 Å². The number of pyridine rings is 2. The molecule has 0 spiro atoms. The van der Waals surface area contributed by atoms with E-state index in [0.29, 0.717) is 38.3 Å². The van der Waals surface area contributed by atoms with Gasteiger partial charge in [-0.2, -0.15) is 0 Å². The number of aromatic nitrogens is 4. The van der Waals surface area contributed by atoms with Crippen molar-refractivity contribution < 1.29 is 28.6 Å². The average molecular weight is 1220 g/mol. The third-order valence-electron chi connectivity index (χ3n) is 11.2. The fourth-order valence-electron chi connectivity index (χ4n) is 7.57. The van der Waals surface area contributed by atoms with Crippen LogP contribution in [0.4, 0.5) is 31.5 Å². The molecule has 0 saturated heterocycles. The third-order valence-corrected chi connectivity index (χ3v) is 29.7. The zero-order valence-corrected chi connectivity index (χ0v) is 45.6. The van der Waals surface area contributed by atoms with Gasteiger partial charge in [0.05, 0.1) is 38.1 Å². The number of phenolic OH excluding ortho intramolecular Hbond substituents is 2. The Labute approximate surface area is 429 Å². The van der Waals surface area contributed by atoms with E-state index in [2.05, 4.69) is 74.3 Å². The van der Waals surface area contributed by atoms with Crippen LogP contribution < -0.4 is 14.3 Å². The maximum Gasteiger partial charge on any atom is 0.178 e. The number of nitrogens with one attached hydrogen (secondary N) is 2. The first-order valence-corrected chi connectivity index (χ1v) is 33.0. The van der Waals surface area contributed by atoms with Crippen molar-refractivity contribution in [1.82, 2.24) is 19.9 Å². The van der Waals surface area contributed by atoms with E-state index in [-0.39, 0.29) is 10.0 Å².